The highest BCUT2D eigenvalue weighted by atomic mass is 32.1. The maximum atomic E-state index is 14.5. The average molecular weight is 625 g/mol. The number of amides is 1. The number of thiophene rings is 1. The van der Waals surface area contributed by atoms with Gasteiger partial charge in [-0.05, 0) is 39.7 Å². The lowest BCUT2D eigenvalue weighted by Crippen LogP contribution is -2.62. The van der Waals surface area contributed by atoms with E-state index in [4.69, 9.17) is 14.2 Å². The van der Waals surface area contributed by atoms with E-state index in [9.17, 15) is 19.5 Å². The maximum Gasteiger partial charge on any atom is 0.333 e. The van der Waals surface area contributed by atoms with Crippen LogP contribution >= 0.6 is 11.3 Å². The van der Waals surface area contributed by atoms with E-state index in [0.717, 1.165) is 10.1 Å². The van der Waals surface area contributed by atoms with E-state index in [1.54, 1.807) is 27.9 Å². The van der Waals surface area contributed by atoms with Gasteiger partial charge >= 0.3 is 5.69 Å². The first-order valence-electron chi connectivity index (χ1n) is 14.6. The lowest BCUT2D eigenvalue weighted by atomic mass is 9.99. The molecule has 4 aromatic rings. The van der Waals surface area contributed by atoms with Crippen LogP contribution in [0.4, 0.5) is 0 Å². The third-order valence-corrected chi connectivity index (χ3v) is 9.66. The number of hydrogen-bond donors (Lipinski definition) is 1. The SMILES string of the molecule is COc1ccccc1[C@H](Cn1c(=O)n(C(C)(C)C(=O)N2CC(O)C2)c(=O)c2c(C)c(-n3nccn3)sc21)OC1CCOCC1. The molecule has 2 aliphatic rings. The highest BCUT2D eigenvalue weighted by molar-refractivity contribution is 7.21. The van der Waals surface area contributed by atoms with E-state index in [1.165, 1.54) is 38.0 Å². The first kappa shape index (κ1) is 30.2. The molecule has 1 N–H and O–H groups in total. The number of β-amino-alcohol motifs (C(OH)–C–C–N with tert-alkyl or cyclic N) is 1. The molecule has 3 aromatic heterocycles. The van der Waals surface area contributed by atoms with E-state index in [1.807, 2.05) is 24.3 Å². The molecular weight excluding hydrogens is 588 g/mol. The second kappa shape index (κ2) is 11.9. The number of aromatic nitrogens is 5. The smallest absolute Gasteiger partial charge is 0.333 e. The van der Waals surface area contributed by atoms with Crippen molar-refractivity contribution in [1.29, 1.82) is 0 Å². The Morgan fingerprint density at radius 1 is 1.16 bits per heavy atom. The second-order valence-electron chi connectivity index (χ2n) is 11.7. The molecule has 14 heteroatoms. The molecule has 6 rings (SSSR count). The van der Waals surface area contributed by atoms with Crippen molar-refractivity contribution in [2.75, 3.05) is 33.4 Å². The molecule has 0 spiro atoms. The van der Waals surface area contributed by atoms with Crippen molar-refractivity contribution in [2.24, 2.45) is 0 Å². The molecule has 2 saturated heterocycles. The van der Waals surface area contributed by atoms with Gasteiger partial charge in [-0.2, -0.15) is 10.2 Å². The number of aliphatic hydroxyl groups excluding tert-OH is 1. The van der Waals surface area contributed by atoms with Gasteiger partial charge in [-0.3, -0.25) is 14.2 Å². The summed E-state index contributed by atoms with van der Waals surface area (Å²) >= 11 is 1.23. The van der Waals surface area contributed by atoms with Crippen LogP contribution in [0.15, 0.2) is 46.2 Å². The van der Waals surface area contributed by atoms with Crippen LogP contribution in [-0.4, -0.2) is 85.7 Å². The molecule has 44 heavy (non-hydrogen) atoms. The summed E-state index contributed by atoms with van der Waals surface area (Å²) in [4.78, 5) is 45.7. The van der Waals surface area contributed by atoms with Gasteiger partial charge in [0, 0.05) is 37.4 Å². The van der Waals surface area contributed by atoms with Crippen LogP contribution in [0.3, 0.4) is 0 Å². The lowest BCUT2D eigenvalue weighted by molar-refractivity contribution is -0.149. The number of methoxy groups -OCH3 is 1. The van der Waals surface area contributed by atoms with Crippen molar-refractivity contribution in [1.82, 2.24) is 29.0 Å². The predicted octanol–water partition coefficient (Wildman–Crippen LogP) is 2.00. The fourth-order valence-electron chi connectivity index (χ4n) is 5.96. The number of likely N-dealkylation sites (tertiary alicyclic amines) is 1. The highest BCUT2D eigenvalue weighted by Crippen LogP contribution is 2.35. The first-order valence-corrected chi connectivity index (χ1v) is 15.4. The molecule has 13 nitrogen and oxygen atoms in total. The fourth-order valence-corrected chi connectivity index (χ4v) is 7.18. The van der Waals surface area contributed by atoms with Crippen LogP contribution in [0.5, 0.6) is 5.75 Å². The second-order valence-corrected chi connectivity index (χ2v) is 12.6. The number of rotatable bonds is 9. The van der Waals surface area contributed by atoms with Gasteiger partial charge in [0.05, 0.1) is 43.6 Å². The molecule has 5 heterocycles. The lowest BCUT2D eigenvalue weighted by Gasteiger charge is -2.41. The van der Waals surface area contributed by atoms with Gasteiger partial charge in [-0.1, -0.05) is 29.5 Å². The molecule has 0 radical (unpaired) electrons. The number of para-hydroxylation sites is 1. The number of nitrogens with zero attached hydrogens (tertiary/aromatic N) is 6. The summed E-state index contributed by atoms with van der Waals surface area (Å²) in [6, 6.07) is 7.50. The zero-order valence-corrected chi connectivity index (χ0v) is 26.0. The van der Waals surface area contributed by atoms with Crippen molar-refractivity contribution < 1.29 is 24.1 Å². The first-order chi connectivity index (χ1) is 21.1. The van der Waals surface area contributed by atoms with Gasteiger partial charge in [-0.15, -0.1) is 4.80 Å². The zero-order valence-electron chi connectivity index (χ0n) is 25.1. The zero-order chi connectivity index (χ0) is 31.2. The third-order valence-electron chi connectivity index (χ3n) is 8.38. The molecule has 1 atom stereocenters. The summed E-state index contributed by atoms with van der Waals surface area (Å²) in [5.74, 6) is 0.187. The molecular formula is C30H36N6O7S. The number of aryl methyl sites for hydroxylation is 1. The van der Waals surface area contributed by atoms with Gasteiger partial charge in [0.2, 0.25) is 5.91 Å². The largest absolute Gasteiger partial charge is 0.496 e. The van der Waals surface area contributed by atoms with Crippen molar-refractivity contribution >= 4 is 27.5 Å². The number of benzene rings is 1. The molecule has 0 bridgehead atoms. The van der Waals surface area contributed by atoms with Crippen LogP contribution in [0.1, 0.15) is 43.9 Å². The fraction of sp³-hybridized carbons (Fsp3) is 0.500. The molecule has 0 unspecified atom stereocenters. The normalized spacial score (nSPS) is 17.2. The molecule has 1 amide bonds. The summed E-state index contributed by atoms with van der Waals surface area (Å²) in [7, 11) is 1.59. The standard InChI is InChI=1S/C30H36N6O7S/c1-18-24-25(38)35(30(2,3)28(39)33-15-19(37)16-33)29(40)34(27(24)44-26(18)36-31-11-12-32-36)17-23(43-20-9-13-42-14-10-20)21-7-5-6-8-22(21)41-4/h5-8,11-12,19-20,23,37H,9-10,13-17H2,1-4H3/t23-/m0/s1. The predicted molar refractivity (Wildman–Crippen MR) is 163 cm³/mol. The van der Waals surface area contributed by atoms with Gasteiger partial charge in [0.15, 0.2) is 0 Å². The van der Waals surface area contributed by atoms with E-state index in [-0.39, 0.29) is 25.7 Å². The van der Waals surface area contributed by atoms with Crippen molar-refractivity contribution in [2.45, 2.75) is 64.0 Å². The van der Waals surface area contributed by atoms with Crippen LogP contribution < -0.4 is 16.0 Å². The average Bonchev–Trinajstić information content (AvgIpc) is 3.65. The summed E-state index contributed by atoms with van der Waals surface area (Å²) in [6.07, 6.45) is 3.12. The molecule has 2 fully saturated rings. The van der Waals surface area contributed by atoms with Crippen molar-refractivity contribution in [3.63, 3.8) is 0 Å². The number of carbonyl (C=O) groups is 1. The van der Waals surface area contributed by atoms with Gasteiger partial charge in [0.1, 0.15) is 27.2 Å². The summed E-state index contributed by atoms with van der Waals surface area (Å²) < 4.78 is 20.5. The summed E-state index contributed by atoms with van der Waals surface area (Å²) in [6.45, 7) is 6.40. The van der Waals surface area contributed by atoms with Gasteiger partial charge < -0.3 is 24.2 Å². The van der Waals surface area contributed by atoms with Crippen molar-refractivity contribution in [3.8, 4) is 10.8 Å². The minimum atomic E-state index is -1.54. The van der Waals surface area contributed by atoms with E-state index in [2.05, 4.69) is 10.2 Å². The number of aliphatic hydroxyl groups is 1. The minimum Gasteiger partial charge on any atom is -0.496 e. The number of ether oxygens (including phenoxy) is 3. The molecule has 234 valence electrons. The Morgan fingerprint density at radius 3 is 2.50 bits per heavy atom. The minimum absolute atomic E-state index is 0.0476. The molecule has 1 aromatic carbocycles. The number of hydrogen-bond acceptors (Lipinski definition) is 10. The summed E-state index contributed by atoms with van der Waals surface area (Å²) in [5, 5.41) is 19.3. The van der Waals surface area contributed by atoms with Gasteiger partial charge in [-0.25, -0.2) is 9.36 Å². The number of fused-ring (bicyclic) bond motifs is 1. The monoisotopic (exact) mass is 624 g/mol. The molecule has 0 aliphatic carbocycles. The summed E-state index contributed by atoms with van der Waals surface area (Å²) in [5.41, 5.74) is -1.41. The van der Waals surface area contributed by atoms with Crippen molar-refractivity contribution in [3.05, 3.63) is 68.6 Å². The highest BCUT2D eigenvalue weighted by Gasteiger charge is 2.42. The Balaban J connectivity index is 1.56. The van der Waals surface area contributed by atoms with E-state index in [0.29, 0.717) is 52.6 Å². The maximum absolute atomic E-state index is 14.5. The van der Waals surface area contributed by atoms with Crippen LogP contribution in [0, 0.1) is 6.92 Å². The van der Waals surface area contributed by atoms with Crippen LogP contribution in [-0.2, 0) is 26.4 Å². The van der Waals surface area contributed by atoms with Crippen LogP contribution in [0.25, 0.3) is 15.2 Å². The van der Waals surface area contributed by atoms with Gasteiger partial charge in [0.25, 0.3) is 5.56 Å². The third kappa shape index (κ3) is 5.25. The van der Waals surface area contributed by atoms with E-state index < -0.39 is 34.9 Å². The molecule has 2 aliphatic heterocycles. The van der Waals surface area contributed by atoms with E-state index >= 15 is 0 Å². The Kier molecular flexibility index (Phi) is 8.18. The van der Waals surface area contributed by atoms with Crippen LogP contribution in [0.2, 0.25) is 0 Å². The Bertz CT molecular complexity index is 1780. The number of carbonyl (C=O) groups excluding carboxylic acids is 1. The quantitative estimate of drug-likeness (QED) is 0.296. The Labute approximate surface area is 257 Å². The molecule has 0 saturated carbocycles. The Morgan fingerprint density at radius 2 is 1.84 bits per heavy atom. The Hall–Kier alpha value is -3.85. The topological polar surface area (TPSA) is 143 Å².